The van der Waals surface area contributed by atoms with E-state index in [1.165, 1.54) is 37.0 Å². The zero-order valence-electron chi connectivity index (χ0n) is 26.7. The van der Waals surface area contributed by atoms with Crippen LogP contribution in [-0.2, 0) is 0 Å². The lowest BCUT2D eigenvalue weighted by molar-refractivity contribution is 0.670. The lowest BCUT2D eigenvalue weighted by atomic mass is 9.91. The summed E-state index contributed by atoms with van der Waals surface area (Å²) in [7, 11) is 0. The zero-order chi connectivity index (χ0) is 32.8. The van der Waals surface area contributed by atoms with E-state index in [2.05, 4.69) is 146 Å². The molecule has 0 aliphatic carbocycles. The maximum atomic E-state index is 6.77. The summed E-state index contributed by atoms with van der Waals surface area (Å²) in [6.07, 6.45) is 0. The molecule has 0 fully saturated rings. The Balaban J connectivity index is 1.21. The summed E-state index contributed by atoms with van der Waals surface area (Å²) in [6.45, 7) is 0. The van der Waals surface area contributed by atoms with E-state index in [1.54, 1.807) is 11.3 Å². The third kappa shape index (κ3) is 3.97. The van der Waals surface area contributed by atoms with Gasteiger partial charge in [-0.05, 0) is 68.2 Å². The Morgan fingerprint density at radius 1 is 0.440 bits per heavy atom. The molecule has 0 spiro atoms. The molecule has 8 aromatic carbocycles. The van der Waals surface area contributed by atoms with Crippen molar-refractivity contribution in [3.8, 4) is 33.8 Å². The van der Waals surface area contributed by atoms with Crippen LogP contribution in [0.25, 0.3) is 108 Å². The number of para-hydroxylation sites is 1. The number of hydrogen-bond acceptors (Lipinski definition) is 4. The van der Waals surface area contributed by atoms with Crippen LogP contribution in [0.15, 0.2) is 162 Å². The summed E-state index contributed by atoms with van der Waals surface area (Å²) >= 11 is 1.75. The molecule has 0 bridgehead atoms. The van der Waals surface area contributed by atoms with Gasteiger partial charge in [-0.3, -0.25) is 0 Å². The fourth-order valence-electron chi connectivity index (χ4n) is 7.82. The van der Waals surface area contributed by atoms with Crippen LogP contribution in [-0.4, -0.2) is 9.97 Å². The highest BCUT2D eigenvalue weighted by Crippen LogP contribution is 2.45. The van der Waals surface area contributed by atoms with Crippen molar-refractivity contribution in [1.29, 1.82) is 0 Å². The van der Waals surface area contributed by atoms with E-state index < -0.39 is 0 Å². The Labute approximate surface area is 290 Å². The highest BCUT2D eigenvalue weighted by molar-refractivity contribution is 7.26. The van der Waals surface area contributed by atoms with Crippen molar-refractivity contribution in [2.45, 2.75) is 0 Å². The highest BCUT2D eigenvalue weighted by Gasteiger charge is 2.22. The summed E-state index contributed by atoms with van der Waals surface area (Å²) in [4.78, 5) is 10.7. The molecule has 0 unspecified atom stereocenters. The average molecular weight is 655 g/mol. The van der Waals surface area contributed by atoms with E-state index >= 15 is 0 Å². The van der Waals surface area contributed by atoms with Crippen LogP contribution >= 0.6 is 11.3 Å². The molecule has 3 nitrogen and oxygen atoms in total. The molecule has 0 radical (unpaired) electrons. The van der Waals surface area contributed by atoms with Crippen molar-refractivity contribution in [3.63, 3.8) is 0 Å². The minimum absolute atomic E-state index is 0.694. The smallest absolute Gasteiger partial charge is 0.161 e. The molecule has 0 atom stereocenters. The van der Waals surface area contributed by atoms with Gasteiger partial charge in [0.25, 0.3) is 0 Å². The van der Waals surface area contributed by atoms with Crippen molar-refractivity contribution < 1.29 is 4.42 Å². The molecule has 0 amide bonds. The Kier molecular flexibility index (Phi) is 5.83. The van der Waals surface area contributed by atoms with Gasteiger partial charge >= 0.3 is 0 Å². The van der Waals surface area contributed by atoms with Crippen molar-refractivity contribution in [1.82, 2.24) is 9.97 Å². The van der Waals surface area contributed by atoms with E-state index in [0.717, 1.165) is 65.5 Å². The highest BCUT2D eigenvalue weighted by atomic mass is 32.1. The fourth-order valence-corrected chi connectivity index (χ4v) is 8.97. The topological polar surface area (TPSA) is 38.9 Å². The average Bonchev–Trinajstić information content (AvgIpc) is 3.77. The number of fused-ring (bicyclic) bond motifs is 12. The Morgan fingerprint density at radius 2 is 1.04 bits per heavy atom. The summed E-state index contributed by atoms with van der Waals surface area (Å²) in [5.74, 6) is 0.694. The predicted octanol–water partition coefficient (Wildman–Crippen LogP) is 13.2. The van der Waals surface area contributed by atoms with Crippen LogP contribution in [0.2, 0.25) is 0 Å². The number of hydrogen-bond donors (Lipinski definition) is 0. The Hall–Kier alpha value is -6.36. The van der Waals surface area contributed by atoms with Gasteiger partial charge in [0.1, 0.15) is 11.2 Å². The number of aromatic nitrogens is 2. The van der Waals surface area contributed by atoms with Crippen LogP contribution in [0.3, 0.4) is 0 Å². The maximum absolute atomic E-state index is 6.77. The van der Waals surface area contributed by atoms with E-state index in [4.69, 9.17) is 14.4 Å². The maximum Gasteiger partial charge on any atom is 0.161 e. The van der Waals surface area contributed by atoms with Crippen LogP contribution in [0.5, 0.6) is 0 Å². The quantitative estimate of drug-likeness (QED) is 0.178. The summed E-state index contributed by atoms with van der Waals surface area (Å²) in [5, 5.41) is 10.8. The zero-order valence-corrected chi connectivity index (χ0v) is 27.5. The third-order valence-electron chi connectivity index (χ3n) is 10.1. The van der Waals surface area contributed by atoms with E-state index in [9.17, 15) is 0 Å². The molecule has 3 aromatic heterocycles. The second kappa shape index (κ2) is 10.6. The van der Waals surface area contributed by atoms with Crippen molar-refractivity contribution in [2.75, 3.05) is 0 Å². The van der Waals surface area contributed by atoms with Gasteiger partial charge in [-0.25, -0.2) is 9.97 Å². The number of thiophene rings is 1. The Bertz CT molecular complexity index is 3120. The van der Waals surface area contributed by atoms with Gasteiger partial charge in [0.2, 0.25) is 0 Å². The molecule has 232 valence electrons. The first kappa shape index (κ1) is 27.6. The van der Waals surface area contributed by atoms with Gasteiger partial charge in [0.15, 0.2) is 5.82 Å². The first-order chi connectivity index (χ1) is 24.8. The van der Waals surface area contributed by atoms with Crippen molar-refractivity contribution in [3.05, 3.63) is 158 Å². The molecule has 3 heterocycles. The lowest BCUT2D eigenvalue weighted by Crippen LogP contribution is -1.94. The van der Waals surface area contributed by atoms with Crippen LogP contribution < -0.4 is 0 Å². The standard InChI is InChI=1S/C46H26N2OS/c1-2-12-27(13-3-1)42-45-43(36-19-9-11-21-40(36)50-45)48-46(47-42)37-25-24-29(44-41(37)35-18-8-10-20-39(35)49-44)28-22-23-34-32-16-5-4-14-30(32)31-15-6-7-17-33(31)38(34)26-28/h1-26H. The molecule has 0 aliphatic heterocycles. The van der Waals surface area contributed by atoms with Gasteiger partial charge in [0.05, 0.1) is 15.9 Å². The minimum Gasteiger partial charge on any atom is -0.455 e. The predicted molar refractivity (Wildman–Crippen MR) is 211 cm³/mol. The number of rotatable bonds is 3. The van der Waals surface area contributed by atoms with Gasteiger partial charge in [-0.15, -0.1) is 11.3 Å². The molecule has 0 saturated heterocycles. The monoisotopic (exact) mass is 654 g/mol. The van der Waals surface area contributed by atoms with Crippen LogP contribution in [0.4, 0.5) is 0 Å². The molecule has 11 aromatic rings. The van der Waals surface area contributed by atoms with Gasteiger partial charge in [-0.1, -0.05) is 127 Å². The molecule has 4 heteroatoms. The van der Waals surface area contributed by atoms with Crippen LogP contribution in [0.1, 0.15) is 0 Å². The van der Waals surface area contributed by atoms with E-state index in [0.29, 0.717) is 5.82 Å². The van der Waals surface area contributed by atoms with Gasteiger partial charge in [0, 0.05) is 37.5 Å². The summed E-state index contributed by atoms with van der Waals surface area (Å²) in [5.41, 5.74) is 7.81. The summed E-state index contributed by atoms with van der Waals surface area (Å²) in [6, 6.07) is 55.9. The van der Waals surface area contributed by atoms with E-state index in [-0.39, 0.29) is 0 Å². The molecule has 0 N–H and O–H groups in total. The summed E-state index contributed by atoms with van der Waals surface area (Å²) < 4.78 is 9.08. The van der Waals surface area contributed by atoms with Crippen molar-refractivity contribution in [2.24, 2.45) is 0 Å². The number of furan rings is 1. The number of nitrogens with zero attached hydrogens (tertiary/aromatic N) is 2. The number of benzene rings is 8. The fraction of sp³-hybridized carbons (Fsp3) is 0. The van der Waals surface area contributed by atoms with E-state index in [1.807, 2.05) is 12.1 Å². The second-order valence-corrected chi connectivity index (χ2v) is 13.9. The van der Waals surface area contributed by atoms with Gasteiger partial charge in [-0.2, -0.15) is 0 Å². The van der Waals surface area contributed by atoms with Crippen molar-refractivity contribution >= 4 is 85.9 Å². The molecular formula is C46H26N2OS. The third-order valence-corrected chi connectivity index (χ3v) is 11.3. The lowest BCUT2D eigenvalue weighted by Gasteiger charge is -2.13. The first-order valence-electron chi connectivity index (χ1n) is 16.8. The SMILES string of the molecule is c1ccc(-c2nc(-c3ccc(-c4ccc5c6ccccc6c6ccccc6c5c4)c4oc5ccccc5c34)nc3c2sc2ccccc23)cc1. The van der Waals surface area contributed by atoms with Gasteiger partial charge < -0.3 is 4.42 Å². The second-order valence-electron chi connectivity index (χ2n) is 12.9. The minimum atomic E-state index is 0.694. The molecule has 0 aliphatic rings. The first-order valence-corrected chi connectivity index (χ1v) is 17.6. The largest absolute Gasteiger partial charge is 0.455 e. The molecule has 50 heavy (non-hydrogen) atoms. The molecule has 11 rings (SSSR count). The molecule has 0 saturated carbocycles. The Morgan fingerprint density at radius 3 is 1.80 bits per heavy atom. The molecular weight excluding hydrogens is 629 g/mol. The normalized spacial score (nSPS) is 12.0. The van der Waals surface area contributed by atoms with Crippen LogP contribution in [0, 0.1) is 0 Å².